The number of phenolic OH excluding ortho intramolecular Hbond substituents is 1. The minimum Gasteiger partial charge on any atom is -0.508 e. The lowest BCUT2D eigenvalue weighted by Crippen LogP contribution is -2.03. The lowest BCUT2D eigenvalue weighted by molar-refractivity contribution is 0.103. The summed E-state index contributed by atoms with van der Waals surface area (Å²) in [6.07, 6.45) is 1.96. The smallest absolute Gasteiger partial charge is 0.193 e. The van der Waals surface area contributed by atoms with Crippen molar-refractivity contribution in [3.63, 3.8) is 0 Å². The van der Waals surface area contributed by atoms with Gasteiger partial charge in [0.2, 0.25) is 0 Å². The van der Waals surface area contributed by atoms with E-state index in [0.29, 0.717) is 18.0 Å². The fourth-order valence-corrected chi connectivity index (χ4v) is 4.42. The highest BCUT2D eigenvalue weighted by Crippen LogP contribution is 2.48. The highest BCUT2D eigenvalue weighted by atomic mass is 16.6. The normalized spacial score (nSPS) is 16.6. The number of carbonyl (C=O) groups is 1. The Morgan fingerprint density at radius 2 is 1.20 bits per heavy atom. The van der Waals surface area contributed by atoms with Gasteiger partial charge in [-0.3, -0.25) is 4.79 Å². The number of ketones is 1. The van der Waals surface area contributed by atoms with Crippen molar-refractivity contribution in [3.8, 4) is 5.75 Å². The molecule has 2 atom stereocenters. The number of ether oxygens (including phenoxy) is 1. The molecule has 7 rings (SSSR count). The van der Waals surface area contributed by atoms with E-state index < -0.39 is 0 Å². The maximum Gasteiger partial charge on any atom is 0.193 e. The Kier molecular flexibility index (Phi) is 6.69. The molecule has 5 aromatic rings. The first-order valence-corrected chi connectivity index (χ1v) is 11.8. The first-order valence-electron chi connectivity index (χ1n) is 11.8. The van der Waals surface area contributed by atoms with Crippen LogP contribution in [0.25, 0.3) is 10.8 Å². The van der Waals surface area contributed by atoms with Crippen LogP contribution in [0.3, 0.4) is 0 Å². The van der Waals surface area contributed by atoms with E-state index in [1.165, 1.54) is 21.9 Å². The molecule has 2 unspecified atom stereocenters. The van der Waals surface area contributed by atoms with Crippen LogP contribution in [0, 0.1) is 0 Å². The molecular weight excluding hydrogens is 432 g/mol. The third-order valence-electron chi connectivity index (χ3n) is 6.16. The number of aromatic hydroxyl groups is 1. The molecule has 1 heterocycles. The molecule has 3 nitrogen and oxygen atoms in total. The topological polar surface area (TPSA) is 49.8 Å². The molecule has 0 aromatic heterocycles. The van der Waals surface area contributed by atoms with Crippen LogP contribution in [0.5, 0.6) is 5.75 Å². The predicted octanol–water partition coefficient (Wildman–Crippen LogP) is 7.15. The van der Waals surface area contributed by atoms with Crippen molar-refractivity contribution in [2.45, 2.75) is 18.6 Å². The van der Waals surface area contributed by atoms with E-state index in [-0.39, 0.29) is 5.78 Å². The van der Waals surface area contributed by atoms with Gasteiger partial charge in [0.25, 0.3) is 0 Å². The summed E-state index contributed by atoms with van der Waals surface area (Å²) in [7, 11) is 0. The quantitative estimate of drug-likeness (QED) is 0.226. The Morgan fingerprint density at radius 1 is 0.657 bits per heavy atom. The predicted molar refractivity (Wildman–Crippen MR) is 140 cm³/mol. The van der Waals surface area contributed by atoms with Crippen LogP contribution >= 0.6 is 0 Å². The molecule has 0 radical (unpaired) electrons. The lowest BCUT2D eigenvalue weighted by Gasteiger charge is -2.13. The van der Waals surface area contributed by atoms with Crippen LogP contribution in [-0.4, -0.2) is 17.0 Å². The summed E-state index contributed by atoms with van der Waals surface area (Å²) >= 11 is 0. The monoisotopic (exact) mass is 458 g/mol. The van der Waals surface area contributed by atoms with E-state index in [4.69, 9.17) is 9.84 Å². The van der Waals surface area contributed by atoms with E-state index in [2.05, 4.69) is 36.4 Å². The zero-order valence-corrected chi connectivity index (χ0v) is 19.2. The minimum absolute atomic E-state index is 0.0752. The first kappa shape index (κ1) is 22.6. The number of rotatable bonds is 2. The number of hydrogen-bond acceptors (Lipinski definition) is 3. The molecule has 1 N–H and O–H groups in total. The molecule has 3 heteroatoms. The number of para-hydroxylation sites is 1. The Labute approximate surface area is 205 Å². The third-order valence-corrected chi connectivity index (χ3v) is 6.16. The highest BCUT2D eigenvalue weighted by Gasteiger charge is 2.44. The second-order valence-electron chi connectivity index (χ2n) is 8.56. The van der Waals surface area contributed by atoms with Gasteiger partial charge >= 0.3 is 0 Å². The molecule has 0 saturated carbocycles. The van der Waals surface area contributed by atoms with Crippen LogP contribution < -0.4 is 0 Å². The third kappa shape index (κ3) is 5.32. The molecule has 1 aliphatic heterocycles. The number of fused-ring (bicyclic) bond motifs is 2. The summed E-state index contributed by atoms with van der Waals surface area (Å²) in [6, 6.07) is 40.4. The number of epoxide rings is 1. The van der Waals surface area contributed by atoms with Crippen LogP contribution in [0.2, 0.25) is 0 Å². The molecule has 2 aliphatic rings. The largest absolute Gasteiger partial charge is 0.508 e. The van der Waals surface area contributed by atoms with Gasteiger partial charge in [-0.05, 0) is 34.0 Å². The summed E-state index contributed by atoms with van der Waals surface area (Å²) in [6.45, 7) is 0. The van der Waals surface area contributed by atoms with Crippen molar-refractivity contribution in [2.75, 3.05) is 0 Å². The van der Waals surface area contributed by atoms with Gasteiger partial charge in [0.05, 0.1) is 6.10 Å². The van der Waals surface area contributed by atoms with Crippen molar-refractivity contribution in [3.05, 3.63) is 150 Å². The fourth-order valence-electron chi connectivity index (χ4n) is 4.42. The minimum atomic E-state index is 0.0752. The van der Waals surface area contributed by atoms with Gasteiger partial charge in [-0.15, -0.1) is 0 Å². The molecule has 35 heavy (non-hydrogen) atoms. The van der Waals surface area contributed by atoms with Crippen LogP contribution in [-0.2, 0) is 11.2 Å². The molecule has 1 saturated heterocycles. The average Bonchev–Trinajstić information content (AvgIpc) is 3.71. The van der Waals surface area contributed by atoms with Gasteiger partial charge in [-0.25, -0.2) is 0 Å². The van der Waals surface area contributed by atoms with Gasteiger partial charge in [0.1, 0.15) is 11.9 Å². The fraction of sp³-hybridized carbons (Fsp3) is 0.0938. The van der Waals surface area contributed by atoms with Crippen LogP contribution in [0.1, 0.15) is 33.2 Å². The van der Waals surface area contributed by atoms with Crippen LogP contribution in [0.4, 0.5) is 0 Å². The Hall–Kier alpha value is -4.21. The van der Waals surface area contributed by atoms with Crippen LogP contribution in [0.15, 0.2) is 127 Å². The Balaban J connectivity index is 0.000000115. The van der Waals surface area contributed by atoms with E-state index in [0.717, 1.165) is 17.5 Å². The van der Waals surface area contributed by atoms with Crippen molar-refractivity contribution >= 4 is 16.6 Å². The van der Waals surface area contributed by atoms with Gasteiger partial charge in [-0.2, -0.15) is 0 Å². The lowest BCUT2D eigenvalue weighted by atomic mass is 9.89. The Morgan fingerprint density at radius 3 is 1.74 bits per heavy atom. The summed E-state index contributed by atoms with van der Waals surface area (Å²) < 4.78 is 5.65. The first-order chi connectivity index (χ1) is 17.2. The molecule has 172 valence electrons. The van der Waals surface area contributed by atoms with Gasteiger partial charge < -0.3 is 9.84 Å². The second kappa shape index (κ2) is 10.4. The standard InChI is InChI=1S/2C13H10O.C6H6O/c1-3-8-4-2-6-10-12(8)9(5-1)7-11-13(10)14-11;14-13(11-7-3-1-4-8-11)12-9-5-2-6-10-12;7-6-4-2-1-3-5-6/h1-6,11,13H,7H2;1-10H;1-5,7H. The van der Waals surface area contributed by atoms with Gasteiger partial charge in [0, 0.05) is 17.5 Å². The molecule has 5 aromatic carbocycles. The second-order valence-corrected chi connectivity index (χ2v) is 8.56. The van der Waals surface area contributed by atoms with Gasteiger partial charge in [0.15, 0.2) is 5.78 Å². The number of hydrogen-bond donors (Lipinski definition) is 1. The van der Waals surface area contributed by atoms with Crippen molar-refractivity contribution < 1.29 is 14.6 Å². The van der Waals surface area contributed by atoms with E-state index in [1.807, 2.05) is 66.7 Å². The van der Waals surface area contributed by atoms with Gasteiger partial charge in [-0.1, -0.05) is 115 Å². The Bertz CT molecular complexity index is 1370. The summed E-state index contributed by atoms with van der Waals surface area (Å²) in [4.78, 5) is 11.8. The van der Waals surface area contributed by atoms with Crippen molar-refractivity contribution in [1.82, 2.24) is 0 Å². The summed E-state index contributed by atoms with van der Waals surface area (Å²) in [5, 5.41) is 11.4. The maximum absolute atomic E-state index is 11.8. The summed E-state index contributed by atoms with van der Waals surface area (Å²) in [5.74, 6) is 0.397. The van der Waals surface area contributed by atoms with Crippen molar-refractivity contribution in [2.24, 2.45) is 0 Å². The summed E-state index contributed by atoms with van der Waals surface area (Å²) in [5.41, 5.74) is 4.32. The van der Waals surface area contributed by atoms with E-state index in [1.54, 1.807) is 24.3 Å². The number of benzene rings is 5. The SMILES string of the molecule is O=C(c1ccccc1)c1ccccc1.Oc1ccccc1.c1cc2c3c(cccc3c1)C1OC1C2. The molecule has 0 amide bonds. The van der Waals surface area contributed by atoms with E-state index in [9.17, 15) is 4.79 Å². The van der Waals surface area contributed by atoms with E-state index >= 15 is 0 Å². The average molecular weight is 459 g/mol. The molecule has 0 bridgehead atoms. The number of phenols is 1. The molecule has 1 aliphatic carbocycles. The zero-order valence-electron chi connectivity index (χ0n) is 19.2. The highest BCUT2D eigenvalue weighted by molar-refractivity contribution is 6.08. The zero-order chi connectivity index (χ0) is 24.0. The van der Waals surface area contributed by atoms with Crippen molar-refractivity contribution in [1.29, 1.82) is 0 Å². The molecule has 1 fully saturated rings. The molecular formula is C32H26O3. The number of carbonyl (C=O) groups excluding carboxylic acids is 1. The molecule has 0 spiro atoms. The maximum atomic E-state index is 11.8.